The third-order valence-corrected chi connectivity index (χ3v) is 4.82. The highest BCUT2D eigenvalue weighted by atomic mass is 16.5. The molecule has 0 spiro atoms. The van der Waals surface area contributed by atoms with Crippen molar-refractivity contribution in [3.63, 3.8) is 0 Å². The predicted molar refractivity (Wildman–Crippen MR) is 115 cm³/mol. The van der Waals surface area contributed by atoms with Crippen LogP contribution in [0.25, 0.3) is 0 Å². The predicted octanol–water partition coefficient (Wildman–Crippen LogP) is 5.19. The van der Waals surface area contributed by atoms with Gasteiger partial charge in [-0.3, -0.25) is 4.79 Å². The van der Waals surface area contributed by atoms with Crippen LogP contribution in [0, 0.1) is 6.92 Å². The minimum absolute atomic E-state index is 0.0848. The first-order chi connectivity index (χ1) is 14.1. The molecule has 4 rings (SSSR count). The van der Waals surface area contributed by atoms with Gasteiger partial charge in [-0.1, -0.05) is 17.7 Å². The number of ether oxygens (including phenoxy) is 1. The molecule has 0 unspecified atom stereocenters. The molecule has 1 aromatic heterocycles. The van der Waals surface area contributed by atoms with Crippen molar-refractivity contribution in [2.75, 3.05) is 17.2 Å². The summed E-state index contributed by atoms with van der Waals surface area (Å²) in [6, 6.07) is 15.7. The number of fused-ring (bicyclic) bond motifs is 1. The third-order valence-electron chi connectivity index (χ3n) is 4.82. The normalized spacial score (nSPS) is 13.0. The lowest BCUT2D eigenvalue weighted by Crippen LogP contribution is -2.17. The number of ketones is 1. The summed E-state index contributed by atoms with van der Waals surface area (Å²) >= 11 is 0. The van der Waals surface area contributed by atoms with Crippen LogP contribution in [-0.4, -0.2) is 22.4 Å². The van der Waals surface area contributed by atoms with Crippen molar-refractivity contribution in [3.05, 3.63) is 65.4 Å². The summed E-state index contributed by atoms with van der Waals surface area (Å²) in [5.74, 6) is 1.91. The first kappa shape index (κ1) is 18.9. The Morgan fingerprint density at radius 2 is 1.62 bits per heavy atom. The molecule has 29 heavy (non-hydrogen) atoms. The van der Waals surface area contributed by atoms with Crippen molar-refractivity contribution in [1.82, 2.24) is 9.97 Å². The van der Waals surface area contributed by atoms with Crippen molar-refractivity contribution < 1.29 is 9.53 Å². The highest BCUT2D eigenvalue weighted by molar-refractivity contribution is 6.03. The lowest BCUT2D eigenvalue weighted by atomic mass is 9.95. The second kappa shape index (κ2) is 8.31. The number of hydrogen-bond acceptors (Lipinski definition) is 6. The number of aryl methyl sites for hydroxylation is 2. The number of benzene rings is 2. The van der Waals surface area contributed by atoms with Gasteiger partial charge in [-0.05, 0) is 63.1 Å². The zero-order valence-corrected chi connectivity index (χ0v) is 16.7. The fraction of sp³-hybridized carbons (Fsp3) is 0.261. The maximum Gasteiger partial charge on any atom is 0.229 e. The van der Waals surface area contributed by atoms with Gasteiger partial charge in [0.1, 0.15) is 11.6 Å². The van der Waals surface area contributed by atoms with Gasteiger partial charge < -0.3 is 15.4 Å². The number of carbonyl (C=O) groups is 1. The zero-order valence-electron chi connectivity index (χ0n) is 16.7. The molecule has 0 atom stereocenters. The number of nitrogens with zero attached hydrogens (tertiary/aromatic N) is 2. The summed E-state index contributed by atoms with van der Waals surface area (Å²) in [6.45, 7) is 4.62. The van der Waals surface area contributed by atoms with Gasteiger partial charge in [-0.2, -0.15) is 4.98 Å². The molecule has 2 N–H and O–H groups in total. The lowest BCUT2D eigenvalue weighted by Gasteiger charge is -2.19. The number of nitrogens with one attached hydrogen (secondary N) is 2. The van der Waals surface area contributed by atoms with E-state index in [0.717, 1.165) is 35.7 Å². The van der Waals surface area contributed by atoms with E-state index < -0.39 is 0 Å². The zero-order chi connectivity index (χ0) is 20.2. The summed E-state index contributed by atoms with van der Waals surface area (Å²) in [5.41, 5.74) is 4.32. The molecule has 1 heterocycles. The van der Waals surface area contributed by atoms with E-state index in [2.05, 4.69) is 20.6 Å². The molecule has 0 bridgehead atoms. The molecule has 0 amide bonds. The summed E-state index contributed by atoms with van der Waals surface area (Å²) in [6.07, 6.45) is 2.11. The minimum atomic E-state index is 0.0848. The Morgan fingerprint density at radius 1 is 0.931 bits per heavy atom. The Kier molecular flexibility index (Phi) is 5.42. The van der Waals surface area contributed by atoms with Crippen LogP contribution < -0.4 is 15.4 Å². The van der Waals surface area contributed by atoms with Crippen LogP contribution in [0.2, 0.25) is 0 Å². The van der Waals surface area contributed by atoms with E-state index in [1.54, 1.807) is 0 Å². The van der Waals surface area contributed by atoms with E-state index in [4.69, 9.17) is 4.74 Å². The van der Waals surface area contributed by atoms with E-state index >= 15 is 0 Å². The van der Waals surface area contributed by atoms with Crippen LogP contribution in [-0.2, 0) is 6.42 Å². The summed E-state index contributed by atoms with van der Waals surface area (Å²) in [7, 11) is 0. The highest BCUT2D eigenvalue weighted by Gasteiger charge is 2.24. The summed E-state index contributed by atoms with van der Waals surface area (Å²) in [4.78, 5) is 21.8. The maximum atomic E-state index is 12.6. The van der Waals surface area contributed by atoms with Crippen molar-refractivity contribution in [2.24, 2.45) is 0 Å². The molecule has 0 saturated heterocycles. The van der Waals surface area contributed by atoms with Crippen molar-refractivity contribution in [2.45, 2.75) is 33.1 Å². The fourth-order valence-corrected chi connectivity index (χ4v) is 3.37. The van der Waals surface area contributed by atoms with Gasteiger partial charge in [0.15, 0.2) is 5.78 Å². The molecule has 148 valence electrons. The van der Waals surface area contributed by atoms with Crippen LogP contribution in [0.1, 0.15) is 41.4 Å². The second-order valence-corrected chi connectivity index (χ2v) is 7.07. The maximum absolute atomic E-state index is 12.6. The van der Waals surface area contributed by atoms with Gasteiger partial charge in [0.2, 0.25) is 5.95 Å². The first-order valence-corrected chi connectivity index (χ1v) is 9.90. The molecule has 3 aromatic rings. The molecular weight excluding hydrogens is 364 g/mol. The average molecular weight is 388 g/mol. The van der Waals surface area contributed by atoms with Gasteiger partial charge in [-0.15, -0.1) is 0 Å². The molecular formula is C23H24N4O2. The Morgan fingerprint density at radius 3 is 2.34 bits per heavy atom. The molecule has 0 saturated carbocycles. The monoisotopic (exact) mass is 388 g/mol. The number of hydrogen-bond donors (Lipinski definition) is 2. The number of aromatic nitrogens is 2. The molecule has 0 fully saturated rings. The largest absolute Gasteiger partial charge is 0.494 e. The van der Waals surface area contributed by atoms with Crippen molar-refractivity contribution in [3.8, 4) is 5.75 Å². The number of anilines is 4. The van der Waals surface area contributed by atoms with Gasteiger partial charge >= 0.3 is 0 Å². The average Bonchev–Trinajstić information content (AvgIpc) is 2.71. The number of carbonyl (C=O) groups excluding carboxylic acids is 1. The van der Waals surface area contributed by atoms with E-state index in [0.29, 0.717) is 30.4 Å². The first-order valence-electron chi connectivity index (χ1n) is 9.90. The van der Waals surface area contributed by atoms with E-state index in [9.17, 15) is 4.79 Å². The van der Waals surface area contributed by atoms with Gasteiger partial charge in [0, 0.05) is 17.8 Å². The van der Waals surface area contributed by atoms with Gasteiger partial charge in [-0.25, -0.2) is 4.98 Å². The van der Waals surface area contributed by atoms with Gasteiger partial charge in [0.05, 0.1) is 17.9 Å². The molecule has 2 aromatic carbocycles. The van der Waals surface area contributed by atoms with Crippen LogP contribution in [0.5, 0.6) is 5.75 Å². The Labute approximate surface area is 170 Å². The molecule has 1 aliphatic rings. The van der Waals surface area contributed by atoms with Crippen LogP contribution >= 0.6 is 0 Å². The quantitative estimate of drug-likeness (QED) is 0.605. The minimum Gasteiger partial charge on any atom is -0.494 e. The number of rotatable bonds is 6. The topological polar surface area (TPSA) is 76.1 Å². The summed E-state index contributed by atoms with van der Waals surface area (Å²) < 4.78 is 5.50. The van der Waals surface area contributed by atoms with E-state index in [1.165, 1.54) is 5.56 Å². The molecule has 6 nitrogen and oxygen atoms in total. The molecule has 0 radical (unpaired) electrons. The Balaban J connectivity index is 1.66. The third kappa shape index (κ3) is 4.37. The standard InChI is InChI=1S/C23H24N4O2/c1-3-29-18-13-11-16(12-14-18)24-22-21-19(5-4-6-20(21)28)26-23(27-22)25-17-9-7-15(2)8-10-17/h7-14H,3-6H2,1-2H3,(H2,24,25,26,27). The SMILES string of the molecule is CCOc1ccc(Nc2nc(Nc3ccc(C)cc3)nc3c2C(=O)CCC3)cc1. The summed E-state index contributed by atoms with van der Waals surface area (Å²) in [5, 5.41) is 6.55. The van der Waals surface area contributed by atoms with Crippen LogP contribution in [0.4, 0.5) is 23.1 Å². The van der Waals surface area contributed by atoms with Crippen LogP contribution in [0.3, 0.4) is 0 Å². The molecule has 0 aliphatic heterocycles. The highest BCUT2D eigenvalue weighted by Crippen LogP contribution is 2.30. The van der Waals surface area contributed by atoms with Gasteiger partial charge in [0.25, 0.3) is 0 Å². The van der Waals surface area contributed by atoms with Crippen LogP contribution in [0.15, 0.2) is 48.5 Å². The smallest absolute Gasteiger partial charge is 0.229 e. The molecule has 6 heteroatoms. The Hall–Kier alpha value is -3.41. The Bertz CT molecular complexity index is 1010. The second-order valence-electron chi connectivity index (χ2n) is 7.07. The van der Waals surface area contributed by atoms with E-state index in [1.807, 2.05) is 62.4 Å². The molecule has 1 aliphatic carbocycles. The number of Topliss-reactive ketones (excluding diaryl/α,β-unsaturated/α-hetero) is 1. The van der Waals surface area contributed by atoms with Crippen molar-refractivity contribution >= 4 is 28.9 Å². The van der Waals surface area contributed by atoms with E-state index in [-0.39, 0.29) is 5.78 Å². The lowest BCUT2D eigenvalue weighted by molar-refractivity contribution is 0.0972. The van der Waals surface area contributed by atoms with Crippen molar-refractivity contribution in [1.29, 1.82) is 0 Å². The fourth-order valence-electron chi connectivity index (χ4n) is 3.37.